The minimum absolute atomic E-state index is 0.105. The maximum absolute atomic E-state index is 12.4. The number of aryl methyl sites for hydroxylation is 1. The van der Waals surface area contributed by atoms with E-state index in [-0.39, 0.29) is 34.9 Å². The lowest BCUT2D eigenvalue weighted by Crippen LogP contribution is -2.23. The normalized spacial score (nSPS) is 11.2. The topological polar surface area (TPSA) is 91.5 Å². The lowest BCUT2D eigenvalue weighted by atomic mass is 10.0. The molecule has 0 aliphatic carbocycles. The number of nitrogens with one attached hydrogen (secondary N) is 1. The number of aromatic nitrogens is 1. The number of hydrogen-bond acceptors (Lipinski definition) is 5. The predicted molar refractivity (Wildman–Crippen MR) is 92.2 cm³/mol. The summed E-state index contributed by atoms with van der Waals surface area (Å²) in [6.07, 6.45) is 2.74. The van der Waals surface area contributed by atoms with Crippen LogP contribution in [0.1, 0.15) is 44.6 Å². The quantitative estimate of drug-likeness (QED) is 0.563. The number of allylic oxidation sites excluding steroid dienone is 1. The molecule has 0 unspecified atom stereocenters. The molecule has 0 atom stereocenters. The van der Waals surface area contributed by atoms with Crippen LogP contribution in [-0.2, 0) is 0 Å². The number of carbonyl (C=O) groups is 2. The second kappa shape index (κ2) is 8.48. The number of carbonyl (C=O) groups excluding carboxylic acids is 2. The van der Waals surface area contributed by atoms with Gasteiger partial charge in [-0.3, -0.25) is 4.79 Å². The molecule has 0 radical (unpaired) electrons. The monoisotopic (exact) mass is 378 g/mol. The molecule has 0 saturated carbocycles. The molecule has 0 fully saturated rings. The van der Waals surface area contributed by atoms with Crippen molar-refractivity contribution in [3.63, 3.8) is 0 Å². The molecule has 0 saturated heterocycles. The maximum Gasteiger partial charge on any atom is 0.387 e. The summed E-state index contributed by atoms with van der Waals surface area (Å²) in [5.41, 5.74) is 1.33. The van der Waals surface area contributed by atoms with Crippen LogP contribution in [0.4, 0.5) is 8.78 Å². The van der Waals surface area contributed by atoms with Gasteiger partial charge in [0.1, 0.15) is 0 Å². The molecule has 1 aromatic carbocycles. The standard InChI is InChI=1S/C19H19F2NO5/c1-4-26-15-9-12(6-8-14(15)27-19(20)21)5-7-13(23)16-10(2)17(18(24)25)22-11(16)3/h5-9,19,22H,4H2,1-3H3,(H,24,25)/p-1/b7-5+. The van der Waals surface area contributed by atoms with E-state index in [1.165, 1.54) is 37.3 Å². The molecule has 144 valence electrons. The molecule has 2 aromatic rings. The molecule has 27 heavy (non-hydrogen) atoms. The zero-order chi connectivity index (χ0) is 20.1. The number of benzene rings is 1. The summed E-state index contributed by atoms with van der Waals surface area (Å²) < 4.78 is 34.5. The van der Waals surface area contributed by atoms with Crippen LogP contribution in [0.25, 0.3) is 6.08 Å². The Labute approximate surface area is 154 Å². The third-order valence-electron chi connectivity index (χ3n) is 3.80. The van der Waals surface area contributed by atoms with E-state index < -0.39 is 18.4 Å². The van der Waals surface area contributed by atoms with Gasteiger partial charge in [0.05, 0.1) is 18.3 Å². The number of rotatable bonds is 8. The van der Waals surface area contributed by atoms with Crippen molar-refractivity contribution in [1.82, 2.24) is 4.98 Å². The number of carboxylic acids is 1. The zero-order valence-corrected chi connectivity index (χ0v) is 15.0. The van der Waals surface area contributed by atoms with Crippen molar-refractivity contribution in [3.05, 3.63) is 52.4 Å². The Morgan fingerprint density at radius 1 is 1.26 bits per heavy atom. The van der Waals surface area contributed by atoms with Crippen LogP contribution in [0.5, 0.6) is 11.5 Å². The number of H-pyrrole nitrogens is 1. The van der Waals surface area contributed by atoms with Crippen LogP contribution in [0.15, 0.2) is 24.3 Å². The van der Waals surface area contributed by atoms with Crippen LogP contribution >= 0.6 is 0 Å². The van der Waals surface area contributed by atoms with Gasteiger partial charge in [0.15, 0.2) is 17.3 Å². The SMILES string of the molecule is CCOc1cc(/C=C/C(=O)c2c(C)[nH]c(C(=O)[O-])c2C)ccc1OC(F)F. The van der Waals surface area contributed by atoms with E-state index in [2.05, 4.69) is 9.72 Å². The van der Waals surface area contributed by atoms with Gasteiger partial charge < -0.3 is 24.4 Å². The molecule has 0 bridgehead atoms. The van der Waals surface area contributed by atoms with E-state index in [1.54, 1.807) is 13.8 Å². The van der Waals surface area contributed by atoms with Gasteiger partial charge in [-0.2, -0.15) is 8.78 Å². The Morgan fingerprint density at radius 3 is 2.52 bits per heavy atom. The number of ketones is 1. The van der Waals surface area contributed by atoms with Crippen LogP contribution in [0.2, 0.25) is 0 Å². The van der Waals surface area contributed by atoms with Gasteiger partial charge in [-0.25, -0.2) is 0 Å². The molecule has 1 aromatic heterocycles. The summed E-state index contributed by atoms with van der Waals surface area (Å²) in [4.78, 5) is 26.1. The number of alkyl halides is 2. The lowest BCUT2D eigenvalue weighted by molar-refractivity contribution is -0.255. The fraction of sp³-hybridized carbons (Fsp3) is 0.263. The van der Waals surface area contributed by atoms with Crippen LogP contribution < -0.4 is 14.6 Å². The van der Waals surface area contributed by atoms with Crippen molar-refractivity contribution in [2.24, 2.45) is 0 Å². The average Bonchev–Trinajstić information content (AvgIpc) is 2.89. The first-order valence-electron chi connectivity index (χ1n) is 8.09. The van der Waals surface area contributed by atoms with Crippen molar-refractivity contribution >= 4 is 17.8 Å². The maximum atomic E-state index is 12.4. The Kier molecular flexibility index (Phi) is 6.33. The first-order chi connectivity index (χ1) is 12.7. The highest BCUT2D eigenvalue weighted by Gasteiger charge is 2.17. The van der Waals surface area contributed by atoms with Gasteiger partial charge >= 0.3 is 6.61 Å². The summed E-state index contributed by atoms with van der Waals surface area (Å²) in [5.74, 6) is -1.78. The van der Waals surface area contributed by atoms with Crippen molar-refractivity contribution in [2.45, 2.75) is 27.4 Å². The smallest absolute Gasteiger partial charge is 0.387 e. The third-order valence-corrected chi connectivity index (χ3v) is 3.80. The molecule has 1 N–H and O–H groups in total. The molecular weight excluding hydrogens is 360 g/mol. The highest BCUT2D eigenvalue weighted by molar-refractivity contribution is 6.10. The number of halogens is 2. The largest absolute Gasteiger partial charge is 0.543 e. The fourth-order valence-corrected chi connectivity index (χ4v) is 2.67. The van der Waals surface area contributed by atoms with Crippen LogP contribution in [-0.4, -0.2) is 30.0 Å². The van der Waals surface area contributed by atoms with E-state index in [0.29, 0.717) is 11.3 Å². The Hall–Kier alpha value is -3.16. The van der Waals surface area contributed by atoms with Gasteiger partial charge in [-0.05, 0) is 50.1 Å². The van der Waals surface area contributed by atoms with E-state index in [4.69, 9.17) is 4.74 Å². The van der Waals surface area contributed by atoms with Gasteiger partial charge in [-0.15, -0.1) is 0 Å². The first-order valence-corrected chi connectivity index (χ1v) is 8.09. The summed E-state index contributed by atoms with van der Waals surface area (Å²) in [6.45, 7) is 2.07. The minimum Gasteiger partial charge on any atom is -0.543 e. The second-order valence-corrected chi connectivity index (χ2v) is 5.63. The molecule has 0 amide bonds. The van der Waals surface area contributed by atoms with Crippen LogP contribution in [0, 0.1) is 13.8 Å². The van der Waals surface area contributed by atoms with E-state index >= 15 is 0 Å². The predicted octanol–water partition coefficient (Wildman–Crippen LogP) is 2.89. The molecular formula is C19H18F2NO5-. The van der Waals surface area contributed by atoms with Crippen molar-refractivity contribution in [1.29, 1.82) is 0 Å². The Bertz CT molecular complexity index is 886. The molecule has 2 rings (SSSR count). The van der Waals surface area contributed by atoms with Crippen molar-refractivity contribution in [2.75, 3.05) is 6.61 Å². The Morgan fingerprint density at radius 2 is 1.96 bits per heavy atom. The number of ether oxygens (including phenoxy) is 2. The number of hydrogen-bond donors (Lipinski definition) is 1. The lowest BCUT2D eigenvalue weighted by Gasteiger charge is -2.11. The van der Waals surface area contributed by atoms with Crippen molar-refractivity contribution < 1.29 is 33.0 Å². The molecule has 0 aliphatic heterocycles. The summed E-state index contributed by atoms with van der Waals surface area (Å²) >= 11 is 0. The molecule has 0 spiro atoms. The highest BCUT2D eigenvalue weighted by atomic mass is 19.3. The van der Waals surface area contributed by atoms with Gasteiger partial charge in [-0.1, -0.05) is 12.1 Å². The minimum atomic E-state index is -2.98. The van der Waals surface area contributed by atoms with E-state index in [0.717, 1.165) is 0 Å². The van der Waals surface area contributed by atoms with E-state index in [1.807, 2.05) is 0 Å². The van der Waals surface area contributed by atoms with Gasteiger partial charge in [0, 0.05) is 11.3 Å². The summed E-state index contributed by atoms with van der Waals surface area (Å²) in [6, 6.07) is 4.28. The summed E-state index contributed by atoms with van der Waals surface area (Å²) in [7, 11) is 0. The van der Waals surface area contributed by atoms with E-state index in [9.17, 15) is 23.5 Å². The molecule has 8 heteroatoms. The zero-order valence-electron chi connectivity index (χ0n) is 15.0. The number of aromatic carboxylic acids is 1. The molecule has 1 heterocycles. The number of carboxylic acid groups (broad SMARTS) is 1. The molecule has 0 aliphatic rings. The van der Waals surface area contributed by atoms with Gasteiger partial charge in [0.25, 0.3) is 0 Å². The fourth-order valence-electron chi connectivity index (χ4n) is 2.67. The first kappa shape index (κ1) is 20.2. The second-order valence-electron chi connectivity index (χ2n) is 5.63. The van der Waals surface area contributed by atoms with Crippen molar-refractivity contribution in [3.8, 4) is 11.5 Å². The number of aromatic amines is 1. The third kappa shape index (κ3) is 4.72. The summed E-state index contributed by atoms with van der Waals surface area (Å²) in [5, 5.41) is 11.0. The molecule has 6 nitrogen and oxygen atoms in total. The Balaban J connectivity index is 2.28. The van der Waals surface area contributed by atoms with Gasteiger partial charge in [0.2, 0.25) is 0 Å². The average molecular weight is 378 g/mol. The van der Waals surface area contributed by atoms with Crippen LogP contribution in [0.3, 0.4) is 0 Å². The highest BCUT2D eigenvalue weighted by Crippen LogP contribution is 2.30.